The van der Waals surface area contributed by atoms with Gasteiger partial charge < -0.3 is 15.0 Å². The molecule has 0 bridgehead atoms. The van der Waals surface area contributed by atoms with Crippen LogP contribution in [0.1, 0.15) is 39.5 Å². The van der Waals surface area contributed by atoms with E-state index in [0.717, 1.165) is 25.9 Å². The Morgan fingerprint density at radius 3 is 2.77 bits per heavy atom. The van der Waals surface area contributed by atoms with Crippen molar-refractivity contribution in [1.82, 2.24) is 9.80 Å². The van der Waals surface area contributed by atoms with E-state index in [0.29, 0.717) is 31.4 Å². The summed E-state index contributed by atoms with van der Waals surface area (Å²) < 4.78 is 5.00. The average molecular weight is 421 g/mol. The van der Waals surface area contributed by atoms with Crippen LogP contribution in [-0.4, -0.2) is 72.0 Å². The fraction of sp³-hybridized carbons (Fsp3) is 0.619. The molecule has 30 heavy (non-hydrogen) atoms. The van der Waals surface area contributed by atoms with Crippen molar-refractivity contribution in [2.24, 2.45) is 0 Å². The minimum atomic E-state index is -0.449. The normalized spacial score (nSPS) is 16.3. The lowest BCUT2D eigenvalue weighted by molar-refractivity contribution is -0.384. The largest absolute Gasteiger partial charge is 0.466 e. The van der Waals surface area contributed by atoms with Gasteiger partial charge in [-0.1, -0.05) is 19.1 Å². The van der Waals surface area contributed by atoms with Crippen LogP contribution in [0.3, 0.4) is 0 Å². The number of nitrogens with zero attached hydrogens (tertiary/aromatic N) is 3. The van der Waals surface area contributed by atoms with Gasteiger partial charge in [0, 0.05) is 38.2 Å². The highest BCUT2D eigenvalue weighted by molar-refractivity contribution is 5.78. The molecule has 1 aliphatic heterocycles. The molecule has 9 heteroatoms. The highest BCUT2D eigenvalue weighted by Crippen LogP contribution is 2.23. The third kappa shape index (κ3) is 6.98. The van der Waals surface area contributed by atoms with Crippen molar-refractivity contribution in [3.8, 4) is 0 Å². The lowest BCUT2D eigenvalue weighted by atomic mass is 10.2. The molecule has 1 atom stereocenters. The first-order chi connectivity index (χ1) is 14.5. The number of benzene rings is 1. The number of carbonyl (C=O) groups excluding carboxylic acids is 2. The van der Waals surface area contributed by atoms with Gasteiger partial charge in [-0.15, -0.1) is 0 Å². The van der Waals surface area contributed by atoms with Crippen molar-refractivity contribution in [1.29, 1.82) is 0 Å². The zero-order chi connectivity index (χ0) is 21.9. The number of likely N-dealkylation sites (N-methyl/N-ethyl adjacent to an activating group) is 1. The van der Waals surface area contributed by atoms with Gasteiger partial charge >= 0.3 is 5.97 Å². The van der Waals surface area contributed by atoms with Crippen molar-refractivity contribution in [3.05, 3.63) is 34.4 Å². The monoisotopic (exact) mass is 420 g/mol. The van der Waals surface area contributed by atoms with Gasteiger partial charge in [-0.05, 0) is 38.9 Å². The smallest absolute Gasteiger partial charge is 0.307 e. The highest BCUT2D eigenvalue weighted by Gasteiger charge is 2.27. The minimum absolute atomic E-state index is 0.0198. The number of nitrogens with one attached hydrogen (secondary N) is 1. The number of ether oxygens (including phenoxy) is 1. The molecule has 1 aromatic rings. The molecule has 0 saturated carbocycles. The molecule has 0 radical (unpaired) electrons. The van der Waals surface area contributed by atoms with Gasteiger partial charge in [0.25, 0.3) is 5.69 Å². The van der Waals surface area contributed by atoms with Crippen molar-refractivity contribution in [3.63, 3.8) is 0 Å². The van der Waals surface area contributed by atoms with Gasteiger partial charge in [0.1, 0.15) is 5.69 Å². The predicted octanol–water partition coefficient (Wildman–Crippen LogP) is 2.66. The second-order valence-corrected chi connectivity index (χ2v) is 7.27. The van der Waals surface area contributed by atoms with Crippen molar-refractivity contribution >= 4 is 23.3 Å². The summed E-state index contributed by atoms with van der Waals surface area (Å²) in [5.74, 6) is -0.388. The van der Waals surface area contributed by atoms with E-state index in [1.165, 1.54) is 6.07 Å². The molecule has 0 spiro atoms. The Morgan fingerprint density at radius 1 is 1.30 bits per heavy atom. The molecule has 1 N–H and O–H groups in total. The van der Waals surface area contributed by atoms with Crippen molar-refractivity contribution in [2.75, 3.05) is 44.6 Å². The molecule has 0 aliphatic carbocycles. The summed E-state index contributed by atoms with van der Waals surface area (Å²) in [4.78, 5) is 39.4. The Labute approximate surface area is 177 Å². The summed E-state index contributed by atoms with van der Waals surface area (Å²) in [6.45, 7) is 7.33. The first-order valence-electron chi connectivity index (χ1n) is 10.6. The van der Waals surface area contributed by atoms with Crippen molar-refractivity contribution in [2.45, 2.75) is 45.6 Å². The molecule has 1 amide bonds. The standard InChI is InChI=1S/C21H32N4O5/c1-3-23-14-7-8-17(23)16-24(15-12-21(27)30-4-2)20(26)11-13-22-18-9-5-6-10-19(18)25(28)29/h5-6,9-10,17,22H,3-4,7-8,11-16H2,1-2H3. The zero-order valence-electron chi connectivity index (χ0n) is 17.8. The molecule has 1 saturated heterocycles. The maximum Gasteiger partial charge on any atom is 0.307 e. The molecule has 1 fully saturated rings. The van der Waals surface area contributed by atoms with Crippen molar-refractivity contribution < 1.29 is 19.2 Å². The Hall–Kier alpha value is -2.68. The molecule has 0 aromatic heterocycles. The average Bonchev–Trinajstić information content (AvgIpc) is 3.18. The predicted molar refractivity (Wildman–Crippen MR) is 114 cm³/mol. The molecule has 9 nitrogen and oxygen atoms in total. The summed E-state index contributed by atoms with van der Waals surface area (Å²) >= 11 is 0. The number of nitro benzene ring substituents is 1. The van der Waals surface area contributed by atoms with Gasteiger partial charge in [-0.3, -0.25) is 24.6 Å². The lowest BCUT2D eigenvalue weighted by Gasteiger charge is -2.30. The molecule has 2 rings (SSSR count). The molecule has 1 aliphatic rings. The summed E-state index contributed by atoms with van der Waals surface area (Å²) in [5.41, 5.74) is 0.370. The van der Waals surface area contributed by atoms with Crippen LogP contribution in [-0.2, 0) is 14.3 Å². The number of carbonyl (C=O) groups is 2. The fourth-order valence-corrected chi connectivity index (χ4v) is 3.79. The van der Waals surface area contributed by atoms with E-state index in [2.05, 4.69) is 17.1 Å². The van der Waals surface area contributed by atoms with Crippen LogP contribution in [0.25, 0.3) is 0 Å². The van der Waals surface area contributed by atoms with E-state index in [-0.39, 0.29) is 37.0 Å². The second kappa shape index (κ2) is 12.1. The van der Waals surface area contributed by atoms with E-state index >= 15 is 0 Å². The molecule has 1 aromatic carbocycles. The second-order valence-electron chi connectivity index (χ2n) is 7.27. The quantitative estimate of drug-likeness (QED) is 0.315. The van der Waals surface area contributed by atoms with Crippen LogP contribution >= 0.6 is 0 Å². The SMILES string of the molecule is CCOC(=O)CCN(CC1CCCN1CC)C(=O)CCNc1ccccc1[N+](=O)[O-]. The van der Waals surface area contributed by atoms with Crippen LogP contribution in [0.15, 0.2) is 24.3 Å². The lowest BCUT2D eigenvalue weighted by Crippen LogP contribution is -2.44. The summed E-state index contributed by atoms with van der Waals surface area (Å²) in [5, 5.41) is 14.1. The number of esters is 1. The first kappa shape index (κ1) is 23.6. The number of anilines is 1. The van der Waals surface area contributed by atoms with Gasteiger partial charge in [0.05, 0.1) is 18.0 Å². The van der Waals surface area contributed by atoms with Gasteiger partial charge in [-0.25, -0.2) is 0 Å². The third-order valence-corrected chi connectivity index (χ3v) is 5.34. The number of nitro groups is 1. The van der Waals surface area contributed by atoms with E-state index in [1.54, 1.807) is 30.0 Å². The maximum absolute atomic E-state index is 12.9. The van der Waals surface area contributed by atoms with Crippen LogP contribution in [0.2, 0.25) is 0 Å². The Bertz CT molecular complexity index is 727. The molecule has 1 unspecified atom stereocenters. The fourth-order valence-electron chi connectivity index (χ4n) is 3.79. The van der Waals surface area contributed by atoms with Gasteiger partial charge in [0.15, 0.2) is 0 Å². The number of amides is 1. The Balaban J connectivity index is 1.95. The summed E-state index contributed by atoms with van der Waals surface area (Å²) in [6, 6.07) is 6.66. The van der Waals surface area contributed by atoms with E-state index < -0.39 is 4.92 Å². The van der Waals surface area contributed by atoms with Crippen LogP contribution < -0.4 is 5.32 Å². The van der Waals surface area contributed by atoms with E-state index in [1.807, 2.05) is 0 Å². The first-order valence-corrected chi connectivity index (χ1v) is 10.6. The zero-order valence-corrected chi connectivity index (χ0v) is 17.8. The van der Waals surface area contributed by atoms with Gasteiger partial charge in [0.2, 0.25) is 5.91 Å². The number of hydrogen-bond acceptors (Lipinski definition) is 7. The molecule has 1 heterocycles. The maximum atomic E-state index is 12.9. The Kier molecular flexibility index (Phi) is 9.53. The van der Waals surface area contributed by atoms with Crippen LogP contribution in [0.5, 0.6) is 0 Å². The van der Waals surface area contributed by atoms with E-state index in [9.17, 15) is 19.7 Å². The molecule has 166 valence electrons. The molecular weight excluding hydrogens is 388 g/mol. The number of para-hydroxylation sites is 2. The van der Waals surface area contributed by atoms with Crippen LogP contribution in [0.4, 0.5) is 11.4 Å². The molecular formula is C21H32N4O5. The minimum Gasteiger partial charge on any atom is -0.466 e. The number of hydrogen-bond donors (Lipinski definition) is 1. The third-order valence-electron chi connectivity index (χ3n) is 5.34. The summed E-state index contributed by atoms with van der Waals surface area (Å²) in [7, 11) is 0. The highest BCUT2D eigenvalue weighted by atomic mass is 16.6. The topological polar surface area (TPSA) is 105 Å². The number of rotatable bonds is 12. The Morgan fingerprint density at radius 2 is 2.07 bits per heavy atom. The van der Waals surface area contributed by atoms with Crippen LogP contribution in [0, 0.1) is 10.1 Å². The van der Waals surface area contributed by atoms with Gasteiger partial charge in [-0.2, -0.15) is 0 Å². The van der Waals surface area contributed by atoms with E-state index in [4.69, 9.17) is 4.74 Å². The number of likely N-dealkylation sites (tertiary alicyclic amines) is 1. The summed E-state index contributed by atoms with van der Waals surface area (Å²) in [6.07, 6.45) is 2.49.